The summed E-state index contributed by atoms with van der Waals surface area (Å²) in [7, 11) is 0. The largest absolute Gasteiger partial charge is 0.394 e. The molecule has 2 nitrogen and oxygen atoms in total. The Balaban J connectivity index is 3.12. The average Bonchev–Trinajstić information content (AvgIpc) is 2.18. The standard InChI is InChI=1S/C10H15NOS/c1-10(11,7-12)8-5-3-4-6-9(8)13-2/h3-6,12H,7,11H2,1-2H3. The number of hydrogen-bond donors (Lipinski definition) is 2. The molecule has 0 aliphatic heterocycles. The molecule has 1 aromatic carbocycles. The molecule has 0 fully saturated rings. The first-order chi connectivity index (χ1) is 6.11. The number of aliphatic hydroxyl groups excluding tert-OH is 1. The van der Waals surface area contributed by atoms with E-state index in [1.54, 1.807) is 11.8 Å². The Morgan fingerprint density at radius 2 is 2.08 bits per heavy atom. The van der Waals surface area contributed by atoms with Crippen LogP contribution in [0.2, 0.25) is 0 Å². The van der Waals surface area contributed by atoms with Crippen molar-refractivity contribution in [1.82, 2.24) is 0 Å². The Morgan fingerprint density at radius 1 is 1.46 bits per heavy atom. The van der Waals surface area contributed by atoms with Crippen molar-refractivity contribution in [3.05, 3.63) is 29.8 Å². The van der Waals surface area contributed by atoms with E-state index in [1.165, 1.54) is 0 Å². The highest BCUT2D eigenvalue weighted by Gasteiger charge is 2.22. The van der Waals surface area contributed by atoms with Crippen LogP contribution in [0, 0.1) is 0 Å². The van der Waals surface area contributed by atoms with E-state index in [-0.39, 0.29) is 6.61 Å². The van der Waals surface area contributed by atoms with E-state index < -0.39 is 5.54 Å². The number of benzene rings is 1. The summed E-state index contributed by atoms with van der Waals surface area (Å²) in [4.78, 5) is 1.13. The summed E-state index contributed by atoms with van der Waals surface area (Å²) >= 11 is 1.65. The third-order valence-corrected chi connectivity index (χ3v) is 2.85. The molecule has 72 valence electrons. The van der Waals surface area contributed by atoms with Gasteiger partial charge in [0.05, 0.1) is 12.1 Å². The lowest BCUT2D eigenvalue weighted by molar-refractivity contribution is 0.208. The van der Waals surface area contributed by atoms with Crippen LogP contribution in [-0.4, -0.2) is 18.0 Å². The van der Waals surface area contributed by atoms with E-state index in [9.17, 15) is 0 Å². The molecule has 0 heterocycles. The lowest BCUT2D eigenvalue weighted by Gasteiger charge is -2.24. The van der Waals surface area contributed by atoms with Gasteiger partial charge in [-0.15, -0.1) is 11.8 Å². The molecular formula is C10H15NOS. The second kappa shape index (κ2) is 4.13. The van der Waals surface area contributed by atoms with E-state index >= 15 is 0 Å². The number of rotatable bonds is 3. The maximum absolute atomic E-state index is 9.13. The molecule has 1 atom stereocenters. The van der Waals surface area contributed by atoms with Gasteiger partial charge in [-0.05, 0) is 24.8 Å². The summed E-state index contributed by atoms with van der Waals surface area (Å²) in [6.45, 7) is 1.80. The molecule has 1 rings (SSSR count). The molecule has 0 aliphatic rings. The van der Waals surface area contributed by atoms with Crippen LogP contribution in [-0.2, 0) is 5.54 Å². The van der Waals surface area contributed by atoms with E-state index in [0.717, 1.165) is 10.5 Å². The Bertz CT molecular complexity index is 286. The maximum atomic E-state index is 9.13. The Kier molecular flexibility index (Phi) is 3.36. The van der Waals surface area contributed by atoms with Gasteiger partial charge in [-0.1, -0.05) is 18.2 Å². The van der Waals surface area contributed by atoms with Crippen LogP contribution in [0.25, 0.3) is 0 Å². The normalized spacial score (nSPS) is 15.4. The fourth-order valence-corrected chi connectivity index (χ4v) is 1.94. The molecule has 0 bridgehead atoms. The minimum absolute atomic E-state index is 0.0371. The van der Waals surface area contributed by atoms with Gasteiger partial charge in [0.1, 0.15) is 0 Å². The summed E-state index contributed by atoms with van der Waals surface area (Å²) in [5.74, 6) is 0. The zero-order chi connectivity index (χ0) is 9.90. The average molecular weight is 197 g/mol. The lowest BCUT2D eigenvalue weighted by Crippen LogP contribution is -2.37. The summed E-state index contributed by atoms with van der Waals surface area (Å²) in [5.41, 5.74) is 6.32. The fourth-order valence-electron chi connectivity index (χ4n) is 1.20. The van der Waals surface area contributed by atoms with Crippen molar-refractivity contribution in [2.75, 3.05) is 12.9 Å². The number of nitrogens with two attached hydrogens (primary N) is 1. The van der Waals surface area contributed by atoms with Crippen LogP contribution in [0.15, 0.2) is 29.2 Å². The molecule has 0 aromatic heterocycles. The van der Waals surface area contributed by atoms with Crippen LogP contribution >= 0.6 is 11.8 Å². The number of thioether (sulfide) groups is 1. The van der Waals surface area contributed by atoms with Crippen LogP contribution in [0.5, 0.6) is 0 Å². The molecule has 0 spiro atoms. The minimum atomic E-state index is -0.639. The lowest BCUT2D eigenvalue weighted by atomic mass is 9.94. The predicted octanol–water partition coefficient (Wildman–Crippen LogP) is 1.57. The van der Waals surface area contributed by atoms with Crippen LogP contribution in [0.4, 0.5) is 0 Å². The molecule has 0 saturated carbocycles. The van der Waals surface area contributed by atoms with E-state index in [4.69, 9.17) is 10.8 Å². The maximum Gasteiger partial charge on any atom is 0.0650 e. The first-order valence-electron chi connectivity index (χ1n) is 4.15. The van der Waals surface area contributed by atoms with E-state index in [0.29, 0.717) is 0 Å². The quantitative estimate of drug-likeness (QED) is 0.723. The Hall–Kier alpha value is -0.510. The molecule has 1 unspecified atom stereocenters. The minimum Gasteiger partial charge on any atom is -0.394 e. The molecule has 13 heavy (non-hydrogen) atoms. The highest BCUT2D eigenvalue weighted by Crippen LogP contribution is 2.27. The Labute approximate surface area is 83.1 Å². The van der Waals surface area contributed by atoms with Gasteiger partial charge < -0.3 is 10.8 Å². The Morgan fingerprint density at radius 3 is 2.62 bits per heavy atom. The molecule has 0 amide bonds. The summed E-state index contributed by atoms with van der Waals surface area (Å²) in [5, 5.41) is 9.13. The van der Waals surface area contributed by atoms with Crippen molar-refractivity contribution in [2.24, 2.45) is 5.73 Å². The summed E-state index contributed by atoms with van der Waals surface area (Å²) < 4.78 is 0. The smallest absolute Gasteiger partial charge is 0.0650 e. The highest BCUT2D eigenvalue weighted by molar-refractivity contribution is 7.98. The van der Waals surface area contributed by atoms with Crippen LogP contribution in [0.3, 0.4) is 0 Å². The van der Waals surface area contributed by atoms with Crippen molar-refractivity contribution in [1.29, 1.82) is 0 Å². The van der Waals surface area contributed by atoms with Gasteiger partial charge >= 0.3 is 0 Å². The zero-order valence-corrected chi connectivity index (χ0v) is 8.77. The highest BCUT2D eigenvalue weighted by atomic mass is 32.2. The van der Waals surface area contributed by atoms with Crippen molar-refractivity contribution in [2.45, 2.75) is 17.4 Å². The predicted molar refractivity (Wildman–Crippen MR) is 56.8 cm³/mol. The molecule has 0 radical (unpaired) electrons. The fraction of sp³-hybridized carbons (Fsp3) is 0.400. The summed E-state index contributed by atoms with van der Waals surface area (Å²) in [6.07, 6.45) is 2.01. The molecular weight excluding hydrogens is 182 g/mol. The van der Waals surface area contributed by atoms with Crippen LogP contribution in [0.1, 0.15) is 12.5 Å². The first-order valence-corrected chi connectivity index (χ1v) is 5.37. The monoisotopic (exact) mass is 197 g/mol. The molecule has 0 saturated heterocycles. The third-order valence-electron chi connectivity index (χ3n) is 2.05. The molecule has 0 aliphatic carbocycles. The third kappa shape index (κ3) is 2.24. The molecule has 3 N–H and O–H groups in total. The zero-order valence-electron chi connectivity index (χ0n) is 7.95. The summed E-state index contributed by atoms with van der Waals surface area (Å²) in [6, 6.07) is 7.89. The van der Waals surface area contributed by atoms with E-state index in [2.05, 4.69) is 0 Å². The number of hydrogen-bond acceptors (Lipinski definition) is 3. The van der Waals surface area contributed by atoms with Gasteiger partial charge in [0.25, 0.3) is 0 Å². The number of aliphatic hydroxyl groups is 1. The van der Waals surface area contributed by atoms with Gasteiger partial charge in [0, 0.05) is 4.90 Å². The van der Waals surface area contributed by atoms with Crippen molar-refractivity contribution in [3.63, 3.8) is 0 Å². The first kappa shape index (κ1) is 10.6. The second-order valence-electron chi connectivity index (χ2n) is 3.28. The van der Waals surface area contributed by atoms with Crippen molar-refractivity contribution in [3.8, 4) is 0 Å². The second-order valence-corrected chi connectivity index (χ2v) is 4.12. The van der Waals surface area contributed by atoms with Gasteiger partial charge in [-0.3, -0.25) is 0 Å². The van der Waals surface area contributed by atoms with Gasteiger partial charge in [-0.25, -0.2) is 0 Å². The molecule has 3 heteroatoms. The van der Waals surface area contributed by atoms with Gasteiger partial charge in [0.2, 0.25) is 0 Å². The SMILES string of the molecule is CSc1ccccc1C(C)(N)CO. The van der Waals surface area contributed by atoms with Gasteiger partial charge in [-0.2, -0.15) is 0 Å². The van der Waals surface area contributed by atoms with E-state index in [1.807, 2.05) is 37.4 Å². The molecule has 1 aromatic rings. The van der Waals surface area contributed by atoms with Crippen LogP contribution < -0.4 is 5.73 Å². The van der Waals surface area contributed by atoms with Gasteiger partial charge in [0.15, 0.2) is 0 Å². The van der Waals surface area contributed by atoms with Crippen molar-refractivity contribution >= 4 is 11.8 Å². The van der Waals surface area contributed by atoms with Crippen molar-refractivity contribution < 1.29 is 5.11 Å². The topological polar surface area (TPSA) is 46.2 Å².